The molecular weight excluding hydrogens is 496 g/mol. The predicted molar refractivity (Wildman–Crippen MR) is 140 cm³/mol. The molecule has 0 saturated carbocycles. The van der Waals surface area contributed by atoms with Gasteiger partial charge in [0.2, 0.25) is 10.0 Å². The van der Waals surface area contributed by atoms with E-state index in [0.717, 1.165) is 6.26 Å². The summed E-state index contributed by atoms with van der Waals surface area (Å²) in [6.45, 7) is 7.67. The minimum Gasteiger partial charge on any atom is -0.507 e. The molecule has 0 aliphatic heterocycles. The zero-order valence-corrected chi connectivity index (χ0v) is 22.1. The molecule has 1 aromatic heterocycles. The maximum atomic E-state index is 12.5. The number of rotatable bonds is 8. The van der Waals surface area contributed by atoms with Crippen molar-refractivity contribution < 1.29 is 27.9 Å². The number of nitrogens with one attached hydrogen (secondary N) is 2. The number of phenolic OH excluding ortho intramolecular Hbond substituents is 1. The molecule has 2 aromatic carbocycles. The highest BCUT2D eigenvalue weighted by Crippen LogP contribution is 2.33. The number of aromatic nitrogens is 2. The highest BCUT2D eigenvalue weighted by molar-refractivity contribution is 7.89. The fraction of sp³-hybridized carbons (Fsp3) is 0.308. The van der Waals surface area contributed by atoms with Crippen molar-refractivity contribution in [2.24, 2.45) is 5.41 Å². The monoisotopic (exact) mass is 526 g/mol. The average molecular weight is 527 g/mol. The molecule has 2 amide bonds. The summed E-state index contributed by atoms with van der Waals surface area (Å²) in [6, 6.07) is 9.07. The van der Waals surface area contributed by atoms with Crippen LogP contribution in [0.2, 0.25) is 0 Å². The number of carbonyl (C=O) groups excluding carboxylic acids is 2. The standard InChI is InChI=1S/C26H30N4O6S/c1-16-23(10-9-20(24(16)32)22(31)12-26(2,3)4)36-15-19-13-28-21(14-27-19)17-7-6-8-18(11-17)29-25(33)30-37(5,34)35/h6-11,13-14,32H,12,15H2,1-5H3,(H2,29,30,33). The van der Waals surface area contributed by atoms with Gasteiger partial charge in [0.1, 0.15) is 18.1 Å². The fourth-order valence-corrected chi connectivity index (χ4v) is 3.84. The molecule has 11 heteroatoms. The molecule has 0 aliphatic rings. The Balaban J connectivity index is 1.66. The van der Waals surface area contributed by atoms with Crippen LogP contribution in [0.1, 0.15) is 48.8 Å². The van der Waals surface area contributed by atoms with Crippen molar-refractivity contribution in [2.45, 2.75) is 40.7 Å². The molecule has 1 heterocycles. The third kappa shape index (κ3) is 8.01. The number of nitrogens with zero attached hydrogens (tertiary/aromatic N) is 2. The van der Waals surface area contributed by atoms with Crippen LogP contribution in [-0.4, -0.2) is 41.6 Å². The average Bonchev–Trinajstić information content (AvgIpc) is 2.78. The van der Waals surface area contributed by atoms with E-state index in [1.165, 1.54) is 0 Å². The molecule has 3 N–H and O–H groups in total. The van der Waals surface area contributed by atoms with Crippen molar-refractivity contribution in [3.63, 3.8) is 0 Å². The van der Waals surface area contributed by atoms with Crippen molar-refractivity contribution in [1.82, 2.24) is 14.7 Å². The molecule has 0 saturated heterocycles. The molecule has 0 radical (unpaired) electrons. The van der Waals surface area contributed by atoms with Crippen molar-refractivity contribution in [2.75, 3.05) is 11.6 Å². The Bertz CT molecular complexity index is 1410. The van der Waals surface area contributed by atoms with Crippen LogP contribution < -0.4 is 14.8 Å². The van der Waals surface area contributed by atoms with Crippen LogP contribution in [0.5, 0.6) is 11.5 Å². The lowest BCUT2D eigenvalue weighted by molar-refractivity contribution is 0.0937. The summed E-state index contributed by atoms with van der Waals surface area (Å²) in [5.74, 6) is 0.213. The molecule has 0 fully saturated rings. The molecule has 0 atom stereocenters. The summed E-state index contributed by atoms with van der Waals surface area (Å²) in [5.41, 5.74) is 2.66. The quantitative estimate of drug-likeness (QED) is 0.365. The topological polar surface area (TPSA) is 148 Å². The number of anilines is 1. The molecule has 10 nitrogen and oxygen atoms in total. The van der Waals surface area contributed by atoms with E-state index in [0.29, 0.717) is 40.4 Å². The van der Waals surface area contributed by atoms with E-state index in [9.17, 15) is 23.1 Å². The van der Waals surface area contributed by atoms with E-state index in [-0.39, 0.29) is 29.1 Å². The Morgan fingerprint density at radius 3 is 2.43 bits per heavy atom. The molecule has 3 aromatic rings. The Hall–Kier alpha value is -3.99. The van der Waals surface area contributed by atoms with Gasteiger partial charge in [-0.2, -0.15) is 0 Å². The van der Waals surface area contributed by atoms with Crippen LogP contribution in [0.25, 0.3) is 11.3 Å². The van der Waals surface area contributed by atoms with Gasteiger partial charge in [-0.25, -0.2) is 17.9 Å². The first kappa shape index (κ1) is 27.6. The van der Waals surface area contributed by atoms with Crippen LogP contribution in [0.4, 0.5) is 10.5 Å². The summed E-state index contributed by atoms with van der Waals surface area (Å²) in [6.07, 6.45) is 4.29. The number of sulfonamides is 1. The van der Waals surface area contributed by atoms with Crippen molar-refractivity contribution in [1.29, 1.82) is 0 Å². The second-order valence-corrected chi connectivity index (χ2v) is 11.6. The van der Waals surface area contributed by atoms with Gasteiger partial charge in [-0.3, -0.25) is 14.8 Å². The van der Waals surface area contributed by atoms with Crippen LogP contribution >= 0.6 is 0 Å². The smallest absolute Gasteiger partial charge is 0.332 e. The third-order valence-corrected chi connectivity index (χ3v) is 5.70. The lowest BCUT2D eigenvalue weighted by atomic mass is 9.87. The number of ketones is 1. The van der Waals surface area contributed by atoms with Crippen LogP contribution in [-0.2, 0) is 16.6 Å². The first-order valence-corrected chi connectivity index (χ1v) is 13.3. The Morgan fingerprint density at radius 2 is 1.81 bits per heavy atom. The number of phenols is 1. The van der Waals surface area contributed by atoms with Gasteiger partial charge in [-0.05, 0) is 36.6 Å². The van der Waals surface area contributed by atoms with Gasteiger partial charge in [-0.15, -0.1) is 0 Å². The van der Waals surface area contributed by atoms with Crippen LogP contribution in [0, 0.1) is 12.3 Å². The number of carbonyl (C=O) groups is 2. The molecule has 37 heavy (non-hydrogen) atoms. The second kappa shape index (κ2) is 11.0. The van der Waals surface area contributed by atoms with E-state index >= 15 is 0 Å². The Morgan fingerprint density at radius 1 is 1.08 bits per heavy atom. The lowest BCUT2D eigenvalue weighted by Gasteiger charge is -2.18. The van der Waals surface area contributed by atoms with Gasteiger partial charge in [0.25, 0.3) is 0 Å². The number of hydrogen-bond donors (Lipinski definition) is 3. The van der Waals surface area contributed by atoms with E-state index < -0.39 is 16.1 Å². The number of ether oxygens (including phenoxy) is 1. The van der Waals surface area contributed by atoms with Crippen molar-refractivity contribution in [3.05, 3.63) is 65.6 Å². The van der Waals surface area contributed by atoms with Crippen molar-refractivity contribution in [3.8, 4) is 22.8 Å². The first-order valence-electron chi connectivity index (χ1n) is 11.4. The largest absolute Gasteiger partial charge is 0.507 e. The molecule has 0 spiro atoms. The zero-order chi connectivity index (χ0) is 27.4. The molecular formula is C26H30N4O6S. The second-order valence-electron chi connectivity index (χ2n) is 9.84. The summed E-state index contributed by atoms with van der Waals surface area (Å²) in [4.78, 5) is 33.1. The Kier molecular flexibility index (Phi) is 8.17. The summed E-state index contributed by atoms with van der Waals surface area (Å²) in [7, 11) is -3.68. The minimum atomic E-state index is -3.68. The van der Waals surface area contributed by atoms with E-state index in [4.69, 9.17) is 4.74 Å². The predicted octanol–water partition coefficient (Wildman–Crippen LogP) is 4.44. The zero-order valence-electron chi connectivity index (χ0n) is 21.3. The van der Waals surface area contributed by atoms with E-state index in [2.05, 4.69) is 15.3 Å². The highest BCUT2D eigenvalue weighted by Gasteiger charge is 2.21. The summed E-state index contributed by atoms with van der Waals surface area (Å²) >= 11 is 0. The molecule has 0 aliphatic carbocycles. The van der Waals surface area contributed by atoms with Crippen molar-refractivity contribution >= 4 is 27.5 Å². The number of aromatic hydroxyl groups is 1. The normalized spacial score (nSPS) is 11.6. The maximum Gasteiger partial charge on any atom is 0.332 e. The van der Waals surface area contributed by atoms with Crippen LogP contribution in [0.3, 0.4) is 0 Å². The third-order valence-electron chi connectivity index (χ3n) is 5.15. The van der Waals surface area contributed by atoms with Gasteiger partial charge in [0.15, 0.2) is 5.78 Å². The summed E-state index contributed by atoms with van der Waals surface area (Å²) in [5, 5.41) is 13.0. The fourth-order valence-electron chi connectivity index (χ4n) is 3.45. The molecule has 0 bridgehead atoms. The van der Waals surface area contributed by atoms with Crippen LogP contribution in [0.15, 0.2) is 48.8 Å². The van der Waals surface area contributed by atoms with Gasteiger partial charge in [0.05, 0.1) is 35.6 Å². The van der Waals surface area contributed by atoms with Gasteiger partial charge >= 0.3 is 6.03 Å². The SMILES string of the molecule is Cc1c(OCc2cnc(-c3cccc(NC(=O)NS(C)(=O)=O)c3)cn2)ccc(C(=O)CC(C)(C)C)c1O. The lowest BCUT2D eigenvalue weighted by Crippen LogP contribution is -2.33. The maximum absolute atomic E-state index is 12.5. The number of hydrogen-bond acceptors (Lipinski definition) is 8. The highest BCUT2D eigenvalue weighted by atomic mass is 32.2. The molecule has 196 valence electrons. The van der Waals surface area contributed by atoms with E-state index in [1.807, 2.05) is 25.5 Å². The number of Topliss-reactive ketones (excluding diaryl/α,β-unsaturated/α-hetero) is 1. The van der Waals surface area contributed by atoms with Gasteiger partial charge in [0, 0.05) is 23.2 Å². The summed E-state index contributed by atoms with van der Waals surface area (Å²) < 4.78 is 30.0. The minimum absolute atomic E-state index is 0.0908. The number of amides is 2. The molecule has 3 rings (SSSR count). The Labute approximate surface area is 216 Å². The van der Waals surface area contributed by atoms with Gasteiger partial charge < -0.3 is 15.2 Å². The number of urea groups is 1. The molecule has 0 unspecified atom stereocenters. The van der Waals surface area contributed by atoms with E-state index in [1.54, 1.807) is 55.7 Å². The number of benzene rings is 2. The first-order chi connectivity index (χ1) is 17.2. The van der Waals surface area contributed by atoms with Gasteiger partial charge in [-0.1, -0.05) is 32.9 Å².